The molecule has 1 fully saturated rings. The van der Waals surface area contributed by atoms with Crippen LogP contribution < -0.4 is 10.2 Å². The summed E-state index contributed by atoms with van der Waals surface area (Å²) in [4.78, 5) is 26.1. The second-order valence-electron chi connectivity index (χ2n) is 6.76. The number of nitrogens with one attached hydrogen (secondary N) is 1. The lowest BCUT2D eigenvalue weighted by atomic mass is 10.1. The highest BCUT2D eigenvalue weighted by Gasteiger charge is 2.39. The van der Waals surface area contributed by atoms with Crippen LogP contribution in [-0.4, -0.2) is 10.8 Å². The third-order valence-electron chi connectivity index (χ3n) is 4.80. The van der Waals surface area contributed by atoms with Crippen molar-refractivity contribution in [2.75, 3.05) is 4.90 Å². The van der Waals surface area contributed by atoms with E-state index in [-0.39, 0.29) is 27.3 Å². The van der Waals surface area contributed by atoms with Crippen molar-refractivity contribution < 1.29 is 9.72 Å². The van der Waals surface area contributed by atoms with Crippen molar-refractivity contribution >= 4 is 59.2 Å². The molecule has 3 aromatic rings. The van der Waals surface area contributed by atoms with Gasteiger partial charge in [0.2, 0.25) is 0 Å². The molecule has 156 valence electrons. The van der Waals surface area contributed by atoms with Crippen LogP contribution >= 0.6 is 35.8 Å². The standard InChI is InChI=1S/C22H15Cl2N3O3S/c23-16-11-15(27(29)30)12-17(24)20(16)26-21(13-6-2-1-3-7-13)25-18(22(26)28)10-14-8-4-5-9-19(14)31/h1-12,21,25,31H/b18-10-. The maximum Gasteiger partial charge on any atom is 0.276 e. The lowest BCUT2D eigenvalue weighted by molar-refractivity contribution is -0.384. The fraction of sp³-hybridized carbons (Fsp3) is 0.0455. The van der Waals surface area contributed by atoms with Crippen molar-refractivity contribution in [2.45, 2.75) is 11.1 Å². The zero-order chi connectivity index (χ0) is 22.1. The number of halogens is 2. The molecule has 9 heteroatoms. The molecule has 0 aliphatic carbocycles. The number of hydrogen-bond donors (Lipinski definition) is 2. The van der Waals surface area contributed by atoms with Crippen LogP contribution in [0, 0.1) is 10.1 Å². The van der Waals surface area contributed by atoms with Crippen molar-refractivity contribution in [3.8, 4) is 0 Å². The Morgan fingerprint density at radius 2 is 1.65 bits per heavy atom. The van der Waals surface area contributed by atoms with E-state index in [4.69, 9.17) is 23.2 Å². The Morgan fingerprint density at radius 1 is 1.03 bits per heavy atom. The maximum absolute atomic E-state index is 13.4. The Labute approximate surface area is 193 Å². The van der Waals surface area contributed by atoms with Gasteiger partial charge in [-0.15, -0.1) is 12.6 Å². The van der Waals surface area contributed by atoms with Crippen LogP contribution in [-0.2, 0) is 4.79 Å². The fourth-order valence-electron chi connectivity index (χ4n) is 3.38. The first kappa shape index (κ1) is 21.2. The largest absolute Gasteiger partial charge is 0.357 e. The van der Waals surface area contributed by atoms with Gasteiger partial charge in [0.15, 0.2) is 0 Å². The lowest BCUT2D eigenvalue weighted by Crippen LogP contribution is -2.30. The van der Waals surface area contributed by atoms with E-state index in [2.05, 4.69) is 17.9 Å². The van der Waals surface area contributed by atoms with Gasteiger partial charge in [-0.2, -0.15) is 0 Å². The molecule has 1 aliphatic heterocycles. The molecule has 1 aliphatic rings. The van der Waals surface area contributed by atoms with E-state index in [1.54, 1.807) is 6.08 Å². The van der Waals surface area contributed by atoms with Crippen LogP contribution in [0.15, 0.2) is 77.3 Å². The predicted octanol–water partition coefficient (Wildman–Crippen LogP) is 5.87. The number of nitro benzene ring substituents is 1. The Kier molecular flexibility index (Phi) is 5.91. The first-order chi connectivity index (χ1) is 14.9. The van der Waals surface area contributed by atoms with Crippen LogP contribution in [0.4, 0.5) is 11.4 Å². The van der Waals surface area contributed by atoms with Gasteiger partial charge < -0.3 is 5.32 Å². The summed E-state index contributed by atoms with van der Waals surface area (Å²) in [5.41, 5.74) is 1.82. The van der Waals surface area contributed by atoms with E-state index in [1.807, 2.05) is 54.6 Å². The number of benzene rings is 3. The van der Waals surface area contributed by atoms with Crippen molar-refractivity contribution in [3.63, 3.8) is 0 Å². The third kappa shape index (κ3) is 4.12. The molecule has 1 unspecified atom stereocenters. The third-order valence-corrected chi connectivity index (χ3v) is 5.79. The molecule has 1 N–H and O–H groups in total. The van der Waals surface area contributed by atoms with Crippen LogP contribution in [0.2, 0.25) is 10.0 Å². The summed E-state index contributed by atoms with van der Waals surface area (Å²) < 4.78 is 0. The summed E-state index contributed by atoms with van der Waals surface area (Å²) in [7, 11) is 0. The number of thiol groups is 1. The normalized spacial score (nSPS) is 17.1. The maximum atomic E-state index is 13.4. The topological polar surface area (TPSA) is 75.5 Å². The molecule has 0 aromatic heterocycles. The molecule has 1 heterocycles. The summed E-state index contributed by atoms with van der Waals surface area (Å²) in [5, 5.41) is 14.4. The summed E-state index contributed by atoms with van der Waals surface area (Å²) in [6.45, 7) is 0. The molecular weight excluding hydrogens is 457 g/mol. The Balaban J connectivity index is 1.86. The number of amides is 1. The molecule has 6 nitrogen and oxygen atoms in total. The Bertz CT molecular complexity index is 1190. The van der Waals surface area contributed by atoms with E-state index in [9.17, 15) is 14.9 Å². The van der Waals surface area contributed by atoms with Crippen molar-refractivity contribution in [3.05, 3.63) is 104 Å². The molecule has 1 saturated heterocycles. The molecule has 4 rings (SSSR count). The van der Waals surface area contributed by atoms with Crippen molar-refractivity contribution in [1.82, 2.24) is 5.32 Å². The number of carbonyl (C=O) groups excluding carboxylic acids is 1. The summed E-state index contributed by atoms with van der Waals surface area (Å²) in [5.74, 6) is -0.372. The molecule has 0 spiro atoms. The highest BCUT2D eigenvalue weighted by Crippen LogP contribution is 2.43. The van der Waals surface area contributed by atoms with E-state index in [0.29, 0.717) is 10.6 Å². The number of anilines is 1. The van der Waals surface area contributed by atoms with E-state index in [0.717, 1.165) is 11.1 Å². The quantitative estimate of drug-likeness (QED) is 0.216. The average molecular weight is 472 g/mol. The molecule has 1 amide bonds. The molecule has 31 heavy (non-hydrogen) atoms. The van der Waals surface area contributed by atoms with Crippen LogP contribution in [0.25, 0.3) is 6.08 Å². The van der Waals surface area contributed by atoms with Crippen LogP contribution in [0.1, 0.15) is 17.3 Å². The van der Waals surface area contributed by atoms with Gasteiger partial charge in [-0.05, 0) is 23.3 Å². The van der Waals surface area contributed by atoms with Gasteiger partial charge in [0.05, 0.1) is 20.7 Å². The van der Waals surface area contributed by atoms with Gasteiger partial charge in [0.1, 0.15) is 11.9 Å². The van der Waals surface area contributed by atoms with Crippen molar-refractivity contribution in [1.29, 1.82) is 0 Å². The fourth-order valence-corrected chi connectivity index (χ4v) is 4.26. The van der Waals surface area contributed by atoms with E-state index < -0.39 is 11.1 Å². The smallest absolute Gasteiger partial charge is 0.276 e. The molecule has 1 atom stereocenters. The number of hydrogen-bond acceptors (Lipinski definition) is 5. The zero-order valence-electron chi connectivity index (χ0n) is 15.8. The highest BCUT2D eigenvalue weighted by molar-refractivity contribution is 7.80. The number of carbonyl (C=O) groups is 1. The predicted molar refractivity (Wildman–Crippen MR) is 125 cm³/mol. The zero-order valence-corrected chi connectivity index (χ0v) is 18.2. The monoisotopic (exact) mass is 471 g/mol. The van der Waals surface area contributed by atoms with Gasteiger partial charge in [0.25, 0.3) is 11.6 Å². The number of nitro groups is 1. The minimum Gasteiger partial charge on any atom is -0.357 e. The number of non-ortho nitro benzene ring substituents is 1. The first-order valence-corrected chi connectivity index (χ1v) is 10.4. The number of rotatable bonds is 4. The minimum atomic E-state index is -0.608. The molecule has 3 aromatic carbocycles. The van der Waals surface area contributed by atoms with Gasteiger partial charge >= 0.3 is 0 Å². The van der Waals surface area contributed by atoms with Gasteiger partial charge in [-0.3, -0.25) is 19.8 Å². The summed E-state index contributed by atoms with van der Waals surface area (Å²) in [6.07, 6.45) is 1.09. The van der Waals surface area contributed by atoms with Crippen LogP contribution in [0.5, 0.6) is 0 Å². The van der Waals surface area contributed by atoms with Crippen molar-refractivity contribution in [2.24, 2.45) is 0 Å². The SMILES string of the molecule is O=C1/C(=C/c2ccccc2S)NC(c2ccccc2)N1c1c(Cl)cc([N+](=O)[O-])cc1Cl. The van der Waals surface area contributed by atoms with Gasteiger partial charge in [0, 0.05) is 17.0 Å². The molecular formula is C22H15Cl2N3O3S. The minimum absolute atomic E-state index is 0.00567. The van der Waals surface area contributed by atoms with Gasteiger partial charge in [-0.1, -0.05) is 71.7 Å². The van der Waals surface area contributed by atoms with Crippen LogP contribution in [0.3, 0.4) is 0 Å². The lowest BCUT2D eigenvalue weighted by Gasteiger charge is -2.25. The molecule has 0 radical (unpaired) electrons. The first-order valence-electron chi connectivity index (χ1n) is 9.15. The summed E-state index contributed by atoms with van der Waals surface area (Å²) in [6, 6.07) is 19.0. The molecule has 0 bridgehead atoms. The Hall–Kier alpha value is -3.00. The Morgan fingerprint density at radius 3 is 2.26 bits per heavy atom. The number of nitrogens with zero attached hydrogens (tertiary/aromatic N) is 2. The second-order valence-corrected chi connectivity index (χ2v) is 8.06. The van der Waals surface area contributed by atoms with Gasteiger partial charge in [-0.25, -0.2) is 0 Å². The highest BCUT2D eigenvalue weighted by atomic mass is 35.5. The summed E-state index contributed by atoms with van der Waals surface area (Å²) >= 11 is 17.2. The van der Waals surface area contributed by atoms with E-state index in [1.165, 1.54) is 17.0 Å². The average Bonchev–Trinajstić information content (AvgIpc) is 3.06. The molecule has 0 saturated carbocycles. The van der Waals surface area contributed by atoms with E-state index >= 15 is 0 Å². The second kappa shape index (κ2) is 8.63.